The minimum Gasteiger partial charge on any atom is -0.300 e. The van der Waals surface area contributed by atoms with Gasteiger partial charge in [0.05, 0.1) is 0 Å². The quantitative estimate of drug-likeness (QED) is 0.618. The minimum absolute atomic E-state index is 0.871. The Bertz CT molecular complexity index is 137. The molecule has 0 aromatic heterocycles. The zero-order valence-electron chi connectivity index (χ0n) is 7.58. The molecule has 0 aromatic rings. The Morgan fingerprint density at radius 3 is 2.08 bits per heavy atom. The van der Waals surface area contributed by atoms with Crippen LogP contribution in [0.1, 0.15) is 25.7 Å². The van der Waals surface area contributed by atoms with Gasteiger partial charge in [-0.1, -0.05) is 12.8 Å². The largest absolute Gasteiger partial charge is 0.300 e. The molecule has 70 valence electrons. The first kappa shape index (κ1) is 8.85. The highest BCUT2D eigenvalue weighted by Gasteiger charge is 2.24. The number of thiol groups is 1. The fourth-order valence-electron chi connectivity index (χ4n) is 2.32. The van der Waals surface area contributed by atoms with Gasteiger partial charge < -0.3 is 4.90 Å². The maximum Gasteiger partial charge on any atom is 0.0120 e. The second-order valence-corrected chi connectivity index (χ2v) is 4.49. The van der Waals surface area contributed by atoms with Crippen LogP contribution in [0.3, 0.4) is 0 Å². The van der Waals surface area contributed by atoms with Crippen molar-refractivity contribution in [3.63, 3.8) is 0 Å². The highest BCUT2D eigenvalue weighted by molar-refractivity contribution is 7.77. The first-order chi connectivity index (χ1) is 5.86. The molecule has 0 amide bonds. The molecule has 0 spiro atoms. The van der Waals surface area contributed by atoms with Crippen LogP contribution in [0.2, 0.25) is 0 Å². The van der Waals surface area contributed by atoms with Crippen molar-refractivity contribution < 1.29 is 0 Å². The van der Waals surface area contributed by atoms with Crippen LogP contribution in [0, 0.1) is 0 Å². The molecular weight excluding hydrogens is 168 g/mol. The van der Waals surface area contributed by atoms with Gasteiger partial charge in [0.25, 0.3) is 0 Å². The standard InChI is InChI=1S/C9H18N2S/c12-11-7-3-9(4-8-11)10-5-1-2-6-10/h9,12H,1-8H2. The van der Waals surface area contributed by atoms with E-state index in [0.717, 1.165) is 6.04 Å². The van der Waals surface area contributed by atoms with Crippen LogP contribution in [-0.4, -0.2) is 41.4 Å². The molecule has 2 saturated heterocycles. The highest BCUT2D eigenvalue weighted by Crippen LogP contribution is 2.21. The van der Waals surface area contributed by atoms with E-state index in [-0.39, 0.29) is 0 Å². The van der Waals surface area contributed by atoms with Gasteiger partial charge in [0, 0.05) is 19.1 Å². The molecule has 0 N–H and O–H groups in total. The Morgan fingerprint density at radius 2 is 1.50 bits per heavy atom. The van der Waals surface area contributed by atoms with Crippen molar-refractivity contribution in [2.75, 3.05) is 26.2 Å². The Hall–Kier alpha value is 0.270. The molecule has 0 atom stereocenters. The summed E-state index contributed by atoms with van der Waals surface area (Å²) in [6.45, 7) is 5.03. The molecule has 0 aromatic carbocycles. The van der Waals surface area contributed by atoms with Crippen molar-refractivity contribution in [2.24, 2.45) is 0 Å². The van der Waals surface area contributed by atoms with Crippen molar-refractivity contribution in [3.8, 4) is 0 Å². The molecule has 12 heavy (non-hydrogen) atoms. The van der Waals surface area contributed by atoms with Crippen molar-refractivity contribution in [3.05, 3.63) is 0 Å². The molecule has 0 aliphatic carbocycles. The maximum atomic E-state index is 4.36. The molecule has 2 aliphatic heterocycles. The van der Waals surface area contributed by atoms with Crippen molar-refractivity contribution >= 4 is 12.8 Å². The van der Waals surface area contributed by atoms with E-state index >= 15 is 0 Å². The van der Waals surface area contributed by atoms with Crippen molar-refractivity contribution in [2.45, 2.75) is 31.7 Å². The first-order valence-electron chi connectivity index (χ1n) is 5.04. The summed E-state index contributed by atoms with van der Waals surface area (Å²) < 4.78 is 2.15. The summed E-state index contributed by atoms with van der Waals surface area (Å²) in [7, 11) is 0. The van der Waals surface area contributed by atoms with Gasteiger partial charge in [-0.2, -0.15) is 0 Å². The van der Waals surface area contributed by atoms with Crippen LogP contribution in [0.25, 0.3) is 0 Å². The summed E-state index contributed by atoms with van der Waals surface area (Å²) in [4.78, 5) is 2.67. The predicted molar refractivity (Wildman–Crippen MR) is 54.4 cm³/mol. The van der Waals surface area contributed by atoms with E-state index in [4.69, 9.17) is 0 Å². The molecule has 2 heterocycles. The minimum atomic E-state index is 0.871. The second-order valence-electron chi connectivity index (χ2n) is 3.93. The van der Waals surface area contributed by atoms with Crippen molar-refractivity contribution in [1.29, 1.82) is 0 Å². The number of hydrogen-bond donors (Lipinski definition) is 1. The zero-order chi connectivity index (χ0) is 8.39. The second kappa shape index (κ2) is 3.99. The topological polar surface area (TPSA) is 6.48 Å². The third-order valence-corrected chi connectivity index (χ3v) is 3.50. The summed E-state index contributed by atoms with van der Waals surface area (Å²) >= 11 is 4.36. The van der Waals surface area contributed by atoms with Crippen LogP contribution in [-0.2, 0) is 0 Å². The summed E-state index contributed by atoms with van der Waals surface area (Å²) in [5.74, 6) is 0. The van der Waals surface area contributed by atoms with E-state index in [2.05, 4.69) is 22.0 Å². The van der Waals surface area contributed by atoms with Crippen LogP contribution in [0.4, 0.5) is 0 Å². The lowest BCUT2D eigenvalue weighted by Crippen LogP contribution is -2.40. The molecule has 0 bridgehead atoms. The zero-order valence-corrected chi connectivity index (χ0v) is 8.47. The number of nitrogens with zero attached hydrogens (tertiary/aromatic N) is 2. The third-order valence-electron chi connectivity index (χ3n) is 3.10. The molecule has 2 aliphatic rings. The van der Waals surface area contributed by atoms with Gasteiger partial charge in [-0.15, -0.1) is 0 Å². The average molecular weight is 186 g/mol. The molecular formula is C9H18N2S. The van der Waals surface area contributed by atoms with Gasteiger partial charge in [0.15, 0.2) is 0 Å². The van der Waals surface area contributed by atoms with Crippen LogP contribution in [0.15, 0.2) is 0 Å². The number of rotatable bonds is 1. The lowest BCUT2D eigenvalue weighted by molar-refractivity contribution is 0.173. The first-order valence-corrected chi connectivity index (χ1v) is 5.44. The normalized spacial score (nSPS) is 29.8. The van der Waals surface area contributed by atoms with Gasteiger partial charge in [-0.05, 0) is 38.8 Å². The predicted octanol–water partition coefficient (Wildman–Crippen LogP) is 1.39. The number of piperidine rings is 1. The fraction of sp³-hybridized carbons (Fsp3) is 1.00. The van der Waals surface area contributed by atoms with E-state index in [9.17, 15) is 0 Å². The highest BCUT2D eigenvalue weighted by atomic mass is 32.1. The van der Waals surface area contributed by atoms with E-state index in [1.165, 1.54) is 51.9 Å². The Balaban J connectivity index is 1.80. The summed E-state index contributed by atoms with van der Waals surface area (Å²) in [5, 5.41) is 0. The van der Waals surface area contributed by atoms with Crippen LogP contribution < -0.4 is 0 Å². The molecule has 3 heteroatoms. The van der Waals surface area contributed by atoms with E-state index < -0.39 is 0 Å². The lowest BCUT2D eigenvalue weighted by Gasteiger charge is -2.34. The van der Waals surface area contributed by atoms with Gasteiger partial charge in [-0.25, -0.2) is 0 Å². The fourth-order valence-corrected chi connectivity index (χ4v) is 2.56. The SMILES string of the molecule is SN1CCC(N2CCCC2)CC1. The van der Waals surface area contributed by atoms with Crippen LogP contribution in [0.5, 0.6) is 0 Å². The van der Waals surface area contributed by atoms with Gasteiger partial charge in [-0.3, -0.25) is 4.31 Å². The summed E-state index contributed by atoms with van der Waals surface area (Å²) in [6.07, 6.45) is 5.48. The van der Waals surface area contributed by atoms with Crippen molar-refractivity contribution in [1.82, 2.24) is 9.21 Å². The van der Waals surface area contributed by atoms with E-state index in [0.29, 0.717) is 0 Å². The molecule has 0 unspecified atom stereocenters. The number of likely N-dealkylation sites (tertiary alicyclic amines) is 1. The molecule has 0 saturated carbocycles. The smallest absolute Gasteiger partial charge is 0.0120 e. The monoisotopic (exact) mass is 186 g/mol. The Kier molecular flexibility index (Phi) is 2.94. The molecule has 2 rings (SSSR count). The van der Waals surface area contributed by atoms with Gasteiger partial charge in [0.2, 0.25) is 0 Å². The molecule has 2 fully saturated rings. The molecule has 0 radical (unpaired) electrons. The van der Waals surface area contributed by atoms with E-state index in [1.54, 1.807) is 0 Å². The number of hydrogen-bond acceptors (Lipinski definition) is 3. The third kappa shape index (κ3) is 1.95. The lowest BCUT2D eigenvalue weighted by atomic mass is 10.1. The average Bonchev–Trinajstić information content (AvgIpc) is 2.58. The van der Waals surface area contributed by atoms with Crippen LogP contribution >= 0.6 is 12.8 Å². The van der Waals surface area contributed by atoms with E-state index in [1.807, 2.05) is 0 Å². The van der Waals surface area contributed by atoms with Gasteiger partial charge >= 0.3 is 0 Å². The van der Waals surface area contributed by atoms with Gasteiger partial charge in [0.1, 0.15) is 0 Å². The Labute approximate surface area is 80.5 Å². The Morgan fingerprint density at radius 1 is 0.917 bits per heavy atom. The summed E-state index contributed by atoms with van der Waals surface area (Å²) in [5.41, 5.74) is 0. The summed E-state index contributed by atoms with van der Waals surface area (Å²) in [6, 6.07) is 0.871. The molecule has 2 nitrogen and oxygen atoms in total. The maximum absolute atomic E-state index is 4.36.